The molecule has 0 aromatic heterocycles. The average molecular weight is 666 g/mol. The van der Waals surface area contributed by atoms with Crippen LogP contribution in [0.2, 0.25) is 0 Å². The number of aryl methyl sites for hydroxylation is 1. The first-order chi connectivity index (χ1) is 18.8. The van der Waals surface area contributed by atoms with Crippen LogP contribution in [0.1, 0.15) is 172 Å². The molecular formula is C35H62O4Sn. The molecular weight excluding hydrogens is 603 g/mol. The minimum absolute atomic E-state index is 0. The zero-order valence-electron chi connectivity index (χ0n) is 26.7. The minimum Gasteiger partial charge on any atom is -0.550 e. The maximum absolute atomic E-state index is 10.2. The van der Waals surface area contributed by atoms with Crippen LogP contribution in [0, 0.1) is 20.8 Å². The molecule has 0 fully saturated rings. The standard InChI is InChI=1S/C19H38O2.C8H8O2.2C4H9.Sn/c1-2-3-4-5-6-7-8-9-10-11-12-13-14-15-16-17-18-19(20)21;1-6-2-4-7(5-3-6)8(9)10;2*1-3-4-2;/h2-18H2,1H3,(H,20,21);2-5H,1H3,(H,9,10);2*1,3-4H2,2H3;/q;;;;+2/p-2. The smallest absolute Gasteiger partial charge is 0.550 e. The van der Waals surface area contributed by atoms with Gasteiger partial charge in [0.05, 0.1) is 5.97 Å². The molecule has 4 nitrogen and oxygen atoms in total. The molecule has 230 valence electrons. The second-order valence-electron chi connectivity index (χ2n) is 10.3. The first-order valence-electron chi connectivity index (χ1n) is 15.9. The van der Waals surface area contributed by atoms with E-state index in [0.29, 0.717) is 0 Å². The van der Waals surface area contributed by atoms with E-state index in [1.54, 1.807) is 12.1 Å². The molecule has 0 spiro atoms. The van der Waals surface area contributed by atoms with Crippen LogP contribution in [0.4, 0.5) is 0 Å². The fourth-order valence-electron chi connectivity index (χ4n) is 3.51. The number of hydrogen-bond donors (Lipinski definition) is 0. The third-order valence-corrected chi connectivity index (χ3v) is 6.23. The molecule has 5 heteroatoms. The SMILES string of the molecule is CCCCCCCCCCCCCCCCCCC(=O)[O-].Cc1ccc(C(=O)[O-])cc1.[CH2]CCC.[CH2]CCC.[Sn+2]. The van der Waals surface area contributed by atoms with Crippen molar-refractivity contribution in [2.75, 3.05) is 0 Å². The molecule has 0 N–H and O–H groups in total. The van der Waals surface area contributed by atoms with Gasteiger partial charge in [0, 0.05) is 5.97 Å². The van der Waals surface area contributed by atoms with Crippen LogP contribution < -0.4 is 10.2 Å². The molecule has 1 rings (SSSR count). The number of unbranched alkanes of at least 4 members (excludes halogenated alkanes) is 17. The predicted octanol–water partition coefficient (Wildman–Crippen LogP) is 8.61. The maximum atomic E-state index is 10.2. The van der Waals surface area contributed by atoms with Crippen molar-refractivity contribution in [3.8, 4) is 0 Å². The van der Waals surface area contributed by atoms with Crippen LogP contribution in [0.5, 0.6) is 0 Å². The topological polar surface area (TPSA) is 80.3 Å². The van der Waals surface area contributed by atoms with Gasteiger partial charge in [-0.2, -0.15) is 0 Å². The largest absolute Gasteiger partial charge is 2.00 e. The van der Waals surface area contributed by atoms with Crippen LogP contribution in [-0.2, 0) is 4.79 Å². The Morgan fingerprint density at radius 2 is 0.875 bits per heavy atom. The number of hydrogen-bond acceptors (Lipinski definition) is 4. The quantitative estimate of drug-likeness (QED) is 0.103. The Hall–Kier alpha value is -1.04. The van der Waals surface area contributed by atoms with Gasteiger partial charge in [0.25, 0.3) is 0 Å². The van der Waals surface area contributed by atoms with Gasteiger partial charge in [-0.3, -0.25) is 0 Å². The van der Waals surface area contributed by atoms with Crippen molar-refractivity contribution < 1.29 is 19.8 Å². The van der Waals surface area contributed by atoms with E-state index in [-0.39, 0.29) is 35.9 Å². The monoisotopic (exact) mass is 666 g/mol. The Bertz CT molecular complexity index is 608. The average Bonchev–Trinajstić information content (AvgIpc) is 2.93. The summed E-state index contributed by atoms with van der Waals surface area (Å²) < 4.78 is 0. The zero-order valence-corrected chi connectivity index (χ0v) is 29.6. The molecule has 40 heavy (non-hydrogen) atoms. The van der Waals surface area contributed by atoms with E-state index in [1.165, 1.54) is 115 Å². The van der Waals surface area contributed by atoms with Crippen LogP contribution in [0.3, 0.4) is 0 Å². The molecule has 1 aromatic rings. The number of rotatable bonds is 20. The minimum atomic E-state index is -1.12. The third-order valence-electron chi connectivity index (χ3n) is 6.23. The van der Waals surface area contributed by atoms with Crippen molar-refractivity contribution in [1.82, 2.24) is 0 Å². The van der Waals surface area contributed by atoms with Gasteiger partial charge in [0.2, 0.25) is 0 Å². The van der Waals surface area contributed by atoms with E-state index < -0.39 is 11.9 Å². The van der Waals surface area contributed by atoms with Crippen molar-refractivity contribution in [2.45, 2.75) is 163 Å². The van der Waals surface area contributed by atoms with E-state index >= 15 is 0 Å². The number of aliphatic carboxylic acids is 1. The van der Waals surface area contributed by atoms with Gasteiger partial charge in [0.1, 0.15) is 0 Å². The van der Waals surface area contributed by atoms with Crippen LogP contribution >= 0.6 is 0 Å². The normalized spacial score (nSPS) is 9.55. The summed E-state index contributed by atoms with van der Waals surface area (Å²) in [7, 11) is 0. The number of aromatic carboxylic acids is 1. The van der Waals surface area contributed by atoms with Crippen LogP contribution in [0.25, 0.3) is 0 Å². The number of carbonyl (C=O) groups excluding carboxylic acids is 2. The fraction of sp³-hybridized carbons (Fsp3) is 0.714. The Balaban J connectivity index is -0.000000279. The number of carbonyl (C=O) groups is 2. The van der Waals surface area contributed by atoms with Gasteiger partial charge in [0.15, 0.2) is 0 Å². The first-order valence-corrected chi connectivity index (χ1v) is 15.9. The molecule has 0 saturated carbocycles. The summed E-state index contributed by atoms with van der Waals surface area (Å²) in [6.07, 6.45) is 25.9. The molecule has 0 amide bonds. The van der Waals surface area contributed by atoms with Gasteiger partial charge in [-0.1, -0.05) is 186 Å². The fourth-order valence-corrected chi connectivity index (χ4v) is 3.51. The molecule has 0 aliphatic heterocycles. The molecule has 0 unspecified atom stereocenters. The summed E-state index contributed by atoms with van der Waals surface area (Å²) >= 11 is 0. The van der Waals surface area contributed by atoms with Crippen molar-refractivity contribution in [2.24, 2.45) is 0 Å². The second kappa shape index (κ2) is 40.1. The number of carboxylic acids is 2. The van der Waals surface area contributed by atoms with Crippen molar-refractivity contribution >= 4 is 35.8 Å². The van der Waals surface area contributed by atoms with Gasteiger partial charge in [-0.15, -0.1) is 0 Å². The van der Waals surface area contributed by atoms with Crippen molar-refractivity contribution in [3.63, 3.8) is 0 Å². The summed E-state index contributed by atoms with van der Waals surface area (Å²) in [4.78, 5) is 20.4. The van der Waals surface area contributed by atoms with Crippen molar-refractivity contribution in [1.29, 1.82) is 0 Å². The van der Waals surface area contributed by atoms with E-state index in [9.17, 15) is 19.8 Å². The zero-order chi connectivity index (χ0) is 30.0. The Morgan fingerprint density at radius 3 is 1.12 bits per heavy atom. The van der Waals surface area contributed by atoms with E-state index in [4.69, 9.17) is 0 Å². The van der Waals surface area contributed by atoms with E-state index in [2.05, 4.69) is 34.6 Å². The first kappa shape index (κ1) is 45.9. The summed E-state index contributed by atoms with van der Waals surface area (Å²) in [5, 5.41) is 20.4. The Morgan fingerprint density at radius 1 is 0.575 bits per heavy atom. The second-order valence-corrected chi connectivity index (χ2v) is 10.3. The van der Waals surface area contributed by atoms with E-state index in [0.717, 1.165) is 31.2 Å². The molecule has 0 heterocycles. The molecule has 0 bridgehead atoms. The Labute approximate surface area is 266 Å². The maximum Gasteiger partial charge on any atom is 2.00 e. The predicted molar refractivity (Wildman–Crippen MR) is 171 cm³/mol. The van der Waals surface area contributed by atoms with Gasteiger partial charge in [-0.25, -0.2) is 0 Å². The Kier molecular flexibility index (Phi) is 46.0. The van der Waals surface area contributed by atoms with Crippen molar-refractivity contribution in [3.05, 3.63) is 49.2 Å². The molecule has 0 aliphatic rings. The van der Waals surface area contributed by atoms with Crippen LogP contribution in [-0.4, -0.2) is 35.8 Å². The van der Waals surface area contributed by atoms with E-state index in [1.807, 2.05) is 6.92 Å². The summed E-state index contributed by atoms with van der Waals surface area (Å²) in [5.41, 5.74) is 1.27. The molecule has 0 atom stereocenters. The summed E-state index contributed by atoms with van der Waals surface area (Å²) in [6.45, 7) is 15.6. The molecule has 0 saturated heterocycles. The molecule has 4 radical (unpaired) electrons. The van der Waals surface area contributed by atoms with Gasteiger partial charge >= 0.3 is 23.9 Å². The summed E-state index contributed by atoms with van der Waals surface area (Å²) in [6, 6.07) is 6.55. The molecule has 0 aliphatic carbocycles. The number of benzene rings is 1. The molecule has 1 aromatic carbocycles. The summed E-state index contributed by atoms with van der Waals surface area (Å²) in [5.74, 6) is -2.03. The number of carboxylic acid groups (broad SMARTS) is 2. The van der Waals surface area contributed by atoms with Crippen LogP contribution in [0.15, 0.2) is 24.3 Å². The van der Waals surface area contributed by atoms with Gasteiger partial charge < -0.3 is 19.8 Å². The van der Waals surface area contributed by atoms with Gasteiger partial charge in [-0.05, 0) is 25.3 Å². The third kappa shape index (κ3) is 44.0.